The number of aromatic nitrogens is 1. The summed E-state index contributed by atoms with van der Waals surface area (Å²) in [6, 6.07) is 6.02. The van der Waals surface area contributed by atoms with Crippen molar-refractivity contribution in [3.63, 3.8) is 0 Å². The summed E-state index contributed by atoms with van der Waals surface area (Å²) in [6.07, 6.45) is 1.23. The molecule has 0 radical (unpaired) electrons. The van der Waals surface area contributed by atoms with Gasteiger partial charge in [-0.3, -0.25) is 4.79 Å². The van der Waals surface area contributed by atoms with E-state index in [1.165, 1.54) is 32.6 Å². The minimum absolute atomic E-state index is 0.0678. The van der Waals surface area contributed by atoms with Crippen LogP contribution in [0.4, 0.5) is 5.82 Å². The minimum atomic E-state index is -1.21. The molecular formula is C16H17N3O5. The van der Waals surface area contributed by atoms with E-state index >= 15 is 0 Å². The monoisotopic (exact) mass is 331 g/mol. The predicted octanol–water partition coefficient (Wildman–Crippen LogP) is 1.34. The van der Waals surface area contributed by atoms with E-state index in [4.69, 9.17) is 15.2 Å². The molecule has 0 saturated heterocycles. The molecular weight excluding hydrogens is 314 g/mol. The summed E-state index contributed by atoms with van der Waals surface area (Å²) in [5, 5.41) is 13.4. The van der Waals surface area contributed by atoms with Gasteiger partial charge in [-0.15, -0.1) is 0 Å². The Morgan fingerprint density at radius 3 is 2.54 bits per heavy atom. The van der Waals surface area contributed by atoms with Crippen molar-refractivity contribution in [1.82, 2.24) is 4.68 Å². The van der Waals surface area contributed by atoms with Crippen LogP contribution in [0.3, 0.4) is 0 Å². The van der Waals surface area contributed by atoms with Crippen molar-refractivity contribution in [3.05, 3.63) is 51.3 Å². The number of anilines is 1. The van der Waals surface area contributed by atoms with E-state index in [2.05, 4.69) is 5.10 Å². The Bertz CT molecular complexity index is 871. The Morgan fingerprint density at radius 2 is 2.00 bits per heavy atom. The van der Waals surface area contributed by atoms with Crippen molar-refractivity contribution < 1.29 is 19.4 Å². The van der Waals surface area contributed by atoms with Gasteiger partial charge in [0.05, 0.1) is 20.4 Å². The number of aromatic carboxylic acids is 1. The third-order valence-corrected chi connectivity index (χ3v) is 3.28. The molecule has 8 heteroatoms. The quantitative estimate of drug-likeness (QED) is 0.799. The Labute approximate surface area is 137 Å². The van der Waals surface area contributed by atoms with E-state index in [0.717, 1.165) is 4.68 Å². The van der Waals surface area contributed by atoms with Gasteiger partial charge in [-0.05, 0) is 30.7 Å². The van der Waals surface area contributed by atoms with Gasteiger partial charge in [0.1, 0.15) is 11.4 Å². The number of benzene rings is 1. The lowest BCUT2D eigenvalue weighted by molar-refractivity contribution is 0.0692. The molecule has 0 aliphatic rings. The van der Waals surface area contributed by atoms with Crippen molar-refractivity contribution >= 4 is 18.0 Å². The first-order chi connectivity index (χ1) is 11.4. The topological polar surface area (TPSA) is 116 Å². The second-order valence-corrected chi connectivity index (χ2v) is 4.92. The Kier molecular flexibility index (Phi) is 4.88. The normalized spacial score (nSPS) is 10.8. The molecule has 0 unspecified atom stereocenters. The van der Waals surface area contributed by atoms with E-state index in [0.29, 0.717) is 5.56 Å². The molecule has 0 aliphatic heterocycles. The molecule has 3 N–H and O–H groups in total. The van der Waals surface area contributed by atoms with Crippen LogP contribution in [-0.2, 0) is 0 Å². The van der Waals surface area contributed by atoms with E-state index in [1.54, 1.807) is 19.1 Å². The number of nitrogens with two attached hydrogens (primary N) is 1. The summed E-state index contributed by atoms with van der Waals surface area (Å²) in [4.78, 5) is 23.5. The number of ether oxygens (including phenoxy) is 2. The molecule has 2 aromatic rings. The second-order valence-electron chi connectivity index (χ2n) is 4.92. The molecule has 2 rings (SSSR count). The molecule has 0 fully saturated rings. The highest BCUT2D eigenvalue weighted by atomic mass is 16.5. The third-order valence-electron chi connectivity index (χ3n) is 3.28. The zero-order chi connectivity index (χ0) is 17.9. The third kappa shape index (κ3) is 3.22. The smallest absolute Gasteiger partial charge is 0.340 e. The standard InChI is InChI=1S/C16H17N3O5/c1-9-6-12(17)19(13(20)7-9)18-8-10-4-5-11(23-2)15(24-3)14(10)16(21)22/h4-8H,17H2,1-3H3,(H,21,22)/b18-8-. The van der Waals surface area contributed by atoms with Gasteiger partial charge in [0.15, 0.2) is 11.5 Å². The lowest BCUT2D eigenvalue weighted by Crippen LogP contribution is -2.19. The summed E-state index contributed by atoms with van der Waals surface area (Å²) in [6.45, 7) is 1.74. The van der Waals surface area contributed by atoms with Crippen LogP contribution >= 0.6 is 0 Å². The SMILES string of the molecule is COc1ccc(/C=N\n2c(N)cc(C)cc2=O)c(C(=O)O)c1OC. The van der Waals surface area contributed by atoms with Crippen molar-refractivity contribution in [2.45, 2.75) is 6.92 Å². The molecule has 0 amide bonds. The van der Waals surface area contributed by atoms with Crippen LogP contribution in [-0.4, -0.2) is 36.2 Å². The molecule has 0 saturated carbocycles. The van der Waals surface area contributed by atoms with Crippen LogP contribution in [0, 0.1) is 6.92 Å². The van der Waals surface area contributed by atoms with Crippen LogP contribution in [0.5, 0.6) is 11.5 Å². The van der Waals surface area contributed by atoms with Crippen molar-refractivity contribution in [2.24, 2.45) is 5.10 Å². The largest absolute Gasteiger partial charge is 0.493 e. The highest BCUT2D eigenvalue weighted by Crippen LogP contribution is 2.32. The van der Waals surface area contributed by atoms with Crippen molar-refractivity contribution in [2.75, 3.05) is 20.0 Å². The predicted molar refractivity (Wildman–Crippen MR) is 89.3 cm³/mol. The molecule has 24 heavy (non-hydrogen) atoms. The van der Waals surface area contributed by atoms with Gasteiger partial charge in [-0.2, -0.15) is 9.78 Å². The number of nitrogen functional groups attached to an aromatic ring is 1. The second kappa shape index (κ2) is 6.86. The highest BCUT2D eigenvalue weighted by Gasteiger charge is 2.20. The summed E-state index contributed by atoms with van der Waals surface area (Å²) in [5.41, 5.74) is 6.19. The molecule has 8 nitrogen and oxygen atoms in total. The number of carboxylic acid groups (broad SMARTS) is 1. The average molecular weight is 331 g/mol. The number of aryl methyl sites for hydroxylation is 1. The molecule has 1 aromatic heterocycles. The Balaban J connectivity index is 2.58. The van der Waals surface area contributed by atoms with E-state index < -0.39 is 11.5 Å². The maximum atomic E-state index is 11.9. The molecule has 0 spiro atoms. The van der Waals surface area contributed by atoms with Crippen LogP contribution in [0.2, 0.25) is 0 Å². The first-order valence-electron chi connectivity index (χ1n) is 6.90. The zero-order valence-corrected chi connectivity index (χ0v) is 13.4. The van der Waals surface area contributed by atoms with E-state index in [9.17, 15) is 14.7 Å². The number of nitrogens with zero attached hydrogens (tertiary/aromatic N) is 2. The maximum Gasteiger partial charge on any atom is 0.340 e. The lowest BCUT2D eigenvalue weighted by atomic mass is 10.1. The number of rotatable bonds is 5. The molecule has 1 aromatic carbocycles. The van der Waals surface area contributed by atoms with Gasteiger partial charge >= 0.3 is 5.97 Å². The van der Waals surface area contributed by atoms with Gasteiger partial charge in [0.25, 0.3) is 5.56 Å². The van der Waals surface area contributed by atoms with Crippen LogP contribution in [0.25, 0.3) is 0 Å². The zero-order valence-electron chi connectivity index (χ0n) is 13.4. The number of hydrogen-bond acceptors (Lipinski definition) is 6. The average Bonchev–Trinajstić information content (AvgIpc) is 2.52. The molecule has 0 aliphatic carbocycles. The number of methoxy groups -OCH3 is 2. The Hall–Kier alpha value is -3.29. The van der Waals surface area contributed by atoms with Crippen LogP contribution in [0.1, 0.15) is 21.5 Å². The number of pyridine rings is 1. The van der Waals surface area contributed by atoms with Crippen LogP contribution < -0.4 is 20.8 Å². The van der Waals surface area contributed by atoms with Gasteiger partial charge in [0, 0.05) is 11.6 Å². The minimum Gasteiger partial charge on any atom is -0.493 e. The van der Waals surface area contributed by atoms with Crippen molar-refractivity contribution in [1.29, 1.82) is 0 Å². The lowest BCUT2D eigenvalue weighted by Gasteiger charge is -2.12. The summed E-state index contributed by atoms with van der Waals surface area (Å²) in [5.74, 6) is -0.720. The van der Waals surface area contributed by atoms with Gasteiger partial charge in [-0.1, -0.05) is 0 Å². The molecule has 1 heterocycles. The number of hydrogen-bond donors (Lipinski definition) is 2. The highest BCUT2D eigenvalue weighted by molar-refractivity contribution is 6.01. The first kappa shape index (κ1) is 17.1. The Morgan fingerprint density at radius 1 is 1.29 bits per heavy atom. The first-order valence-corrected chi connectivity index (χ1v) is 6.90. The van der Waals surface area contributed by atoms with E-state index in [-0.39, 0.29) is 28.4 Å². The van der Waals surface area contributed by atoms with Crippen molar-refractivity contribution in [3.8, 4) is 11.5 Å². The molecule has 0 atom stereocenters. The number of carboxylic acids is 1. The summed E-state index contributed by atoms with van der Waals surface area (Å²) < 4.78 is 11.2. The van der Waals surface area contributed by atoms with Gasteiger partial charge in [-0.25, -0.2) is 4.79 Å². The van der Waals surface area contributed by atoms with Gasteiger partial charge < -0.3 is 20.3 Å². The molecule has 0 bridgehead atoms. The summed E-state index contributed by atoms with van der Waals surface area (Å²) in [7, 11) is 2.75. The van der Waals surface area contributed by atoms with Crippen LogP contribution in [0.15, 0.2) is 34.2 Å². The fourth-order valence-corrected chi connectivity index (χ4v) is 2.23. The fourth-order valence-electron chi connectivity index (χ4n) is 2.23. The maximum absolute atomic E-state index is 11.9. The number of carbonyl (C=O) groups is 1. The summed E-state index contributed by atoms with van der Waals surface area (Å²) >= 11 is 0. The fraction of sp³-hybridized carbons (Fsp3) is 0.188. The molecule has 126 valence electrons. The van der Waals surface area contributed by atoms with E-state index in [1.807, 2.05) is 0 Å². The van der Waals surface area contributed by atoms with Gasteiger partial charge in [0.2, 0.25) is 0 Å².